The number of rotatable bonds is 3. The van der Waals surface area contributed by atoms with Crippen molar-refractivity contribution in [1.82, 2.24) is 0 Å². The number of phenols is 1. The fourth-order valence-electron chi connectivity index (χ4n) is 2.27. The van der Waals surface area contributed by atoms with Crippen LogP contribution < -0.4 is 0 Å². The Hall–Kier alpha value is -2.63. The molecule has 2 rings (SSSR count). The molecule has 1 aromatic carbocycles. The highest BCUT2D eigenvalue weighted by Crippen LogP contribution is 2.35. The van der Waals surface area contributed by atoms with Gasteiger partial charge in [-0.25, -0.2) is 4.79 Å². The number of carbonyl (C=O) groups excluding carboxylic acids is 2. The van der Waals surface area contributed by atoms with E-state index in [1.54, 1.807) is 12.1 Å². The molecule has 6 heteroatoms. The van der Waals surface area contributed by atoms with Crippen molar-refractivity contribution in [2.75, 3.05) is 14.2 Å². The van der Waals surface area contributed by atoms with Crippen LogP contribution in [0.15, 0.2) is 41.0 Å². The topological polar surface area (TPSA) is 85.2 Å². The lowest BCUT2D eigenvalue weighted by Gasteiger charge is -2.26. The van der Waals surface area contributed by atoms with Gasteiger partial charge in [0.05, 0.1) is 19.8 Å². The third-order valence-corrected chi connectivity index (χ3v) is 3.30. The van der Waals surface area contributed by atoms with Crippen molar-refractivity contribution in [3.8, 4) is 5.75 Å². The predicted molar refractivity (Wildman–Crippen MR) is 74.9 cm³/mol. The van der Waals surface area contributed by atoms with E-state index < -0.39 is 23.8 Å². The minimum absolute atomic E-state index is 0.0986. The van der Waals surface area contributed by atoms with E-state index in [9.17, 15) is 14.7 Å². The summed E-state index contributed by atoms with van der Waals surface area (Å²) in [7, 11) is 2.54. The Morgan fingerprint density at radius 3 is 2.38 bits per heavy atom. The van der Waals surface area contributed by atoms with E-state index in [4.69, 9.17) is 9.47 Å². The number of hydrogen-bond acceptors (Lipinski definition) is 6. The molecular weight excluding hydrogens is 274 g/mol. The minimum atomic E-state index is -0.723. The highest BCUT2D eigenvalue weighted by Gasteiger charge is 2.37. The maximum atomic E-state index is 11.9. The van der Waals surface area contributed by atoms with Gasteiger partial charge < -0.3 is 14.6 Å². The molecule has 1 aliphatic heterocycles. The number of methoxy groups -OCH3 is 2. The Labute approximate surface area is 121 Å². The van der Waals surface area contributed by atoms with Crippen LogP contribution in [0.5, 0.6) is 5.75 Å². The zero-order chi connectivity index (χ0) is 15.4. The van der Waals surface area contributed by atoms with Gasteiger partial charge >= 0.3 is 11.9 Å². The lowest BCUT2D eigenvalue weighted by molar-refractivity contribution is -0.143. The third kappa shape index (κ3) is 2.94. The first-order valence-corrected chi connectivity index (χ1v) is 6.27. The van der Waals surface area contributed by atoms with Crippen LogP contribution in [-0.4, -0.2) is 37.5 Å². The molecule has 0 bridgehead atoms. The van der Waals surface area contributed by atoms with Gasteiger partial charge in [-0.15, -0.1) is 0 Å². The average molecular weight is 289 g/mol. The van der Waals surface area contributed by atoms with Gasteiger partial charge in [-0.1, -0.05) is 12.1 Å². The number of ether oxygens (including phenoxy) is 2. The Morgan fingerprint density at radius 2 is 1.81 bits per heavy atom. The Balaban J connectivity index is 2.47. The van der Waals surface area contributed by atoms with E-state index >= 15 is 0 Å². The molecular formula is C15H15NO5. The first-order valence-electron chi connectivity index (χ1n) is 6.27. The van der Waals surface area contributed by atoms with Gasteiger partial charge in [0.2, 0.25) is 0 Å². The smallest absolute Gasteiger partial charge is 0.335 e. The van der Waals surface area contributed by atoms with Crippen LogP contribution in [0, 0.1) is 5.92 Å². The fourth-order valence-corrected chi connectivity index (χ4v) is 2.27. The molecule has 21 heavy (non-hydrogen) atoms. The van der Waals surface area contributed by atoms with Crippen molar-refractivity contribution in [2.45, 2.75) is 5.92 Å². The highest BCUT2D eigenvalue weighted by atomic mass is 16.5. The molecule has 1 N–H and O–H groups in total. The lowest BCUT2D eigenvalue weighted by atomic mass is 9.80. The van der Waals surface area contributed by atoms with Gasteiger partial charge in [0.15, 0.2) is 0 Å². The third-order valence-electron chi connectivity index (χ3n) is 3.30. The zero-order valence-corrected chi connectivity index (χ0v) is 11.6. The van der Waals surface area contributed by atoms with E-state index in [1.807, 2.05) is 0 Å². The number of hydrogen-bond donors (Lipinski definition) is 1. The van der Waals surface area contributed by atoms with Crippen LogP contribution in [-0.2, 0) is 19.1 Å². The van der Waals surface area contributed by atoms with Crippen LogP contribution in [0.4, 0.5) is 0 Å². The molecule has 0 amide bonds. The van der Waals surface area contributed by atoms with E-state index in [1.165, 1.54) is 38.8 Å². The van der Waals surface area contributed by atoms with Gasteiger partial charge in [0, 0.05) is 18.3 Å². The highest BCUT2D eigenvalue weighted by molar-refractivity contribution is 5.99. The molecule has 1 heterocycles. The monoisotopic (exact) mass is 289 g/mol. The van der Waals surface area contributed by atoms with Crippen LogP contribution >= 0.6 is 0 Å². The second-order valence-corrected chi connectivity index (χ2v) is 4.49. The van der Waals surface area contributed by atoms with Gasteiger partial charge in [0.1, 0.15) is 11.7 Å². The Bertz CT molecular complexity index is 603. The van der Waals surface area contributed by atoms with E-state index in [0.29, 0.717) is 5.56 Å². The van der Waals surface area contributed by atoms with Gasteiger partial charge in [-0.3, -0.25) is 9.79 Å². The number of aromatic hydroxyl groups is 1. The second-order valence-electron chi connectivity index (χ2n) is 4.49. The molecule has 0 saturated carbocycles. The summed E-state index contributed by atoms with van der Waals surface area (Å²) in [6, 6.07) is 6.27. The summed E-state index contributed by atoms with van der Waals surface area (Å²) in [4.78, 5) is 27.8. The first-order chi connectivity index (χ1) is 10.1. The molecule has 2 atom stereocenters. The lowest BCUT2D eigenvalue weighted by Crippen LogP contribution is -2.31. The van der Waals surface area contributed by atoms with Crippen molar-refractivity contribution in [3.05, 3.63) is 41.6 Å². The van der Waals surface area contributed by atoms with Gasteiger partial charge in [-0.2, -0.15) is 0 Å². The van der Waals surface area contributed by atoms with E-state index in [2.05, 4.69) is 4.99 Å². The number of carbonyl (C=O) groups is 2. The maximum Gasteiger partial charge on any atom is 0.335 e. The number of nitrogens with zero attached hydrogens (tertiary/aromatic N) is 1. The molecule has 0 saturated heterocycles. The molecule has 0 aliphatic carbocycles. The number of benzene rings is 1. The van der Waals surface area contributed by atoms with E-state index in [0.717, 1.165) is 0 Å². The van der Waals surface area contributed by atoms with Gasteiger partial charge in [0.25, 0.3) is 0 Å². The van der Waals surface area contributed by atoms with Crippen LogP contribution in [0.2, 0.25) is 0 Å². The number of aliphatic imine (C=N–C) groups is 1. The van der Waals surface area contributed by atoms with Crippen molar-refractivity contribution in [2.24, 2.45) is 10.9 Å². The van der Waals surface area contributed by atoms with E-state index in [-0.39, 0.29) is 11.3 Å². The zero-order valence-electron chi connectivity index (χ0n) is 11.6. The number of phenolic OH excluding ortho intramolecular Hbond substituents is 1. The van der Waals surface area contributed by atoms with Crippen molar-refractivity contribution < 1.29 is 24.2 Å². The maximum absolute atomic E-state index is 11.9. The molecule has 1 unspecified atom stereocenters. The SMILES string of the molecule is COC(=O)C1=CN=CC(C(=O)OC)[C@@H]1c1ccc(O)cc1. The molecule has 110 valence electrons. The summed E-state index contributed by atoms with van der Waals surface area (Å²) < 4.78 is 9.51. The molecule has 0 spiro atoms. The van der Waals surface area contributed by atoms with Crippen LogP contribution in [0.3, 0.4) is 0 Å². The first kappa shape index (κ1) is 14.8. The summed E-state index contributed by atoms with van der Waals surface area (Å²) >= 11 is 0. The normalized spacial score (nSPS) is 20.6. The molecule has 0 fully saturated rings. The summed E-state index contributed by atoms with van der Waals surface area (Å²) in [6.45, 7) is 0. The number of esters is 2. The molecule has 6 nitrogen and oxygen atoms in total. The minimum Gasteiger partial charge on any atom is -0.508 e. The molecule has 0 radical (unpaired) electrons. The van der Waals surface area contributed by atoms with Gasteiger partial charge in [-0.05, 0) is 17.7 Å². The fraction of sp³-hybridized carbons (Fsp3) is 0.267. The average Bonchev–Trinajstić information content (AvgIpc) is 2.53. The summed E-state index contributed by atoms with van der Waals surface area (Å²) in [5, 5.41) is 9.37. The van der Waals surface area contributed by atoms with Crippen molar-refractivity contribution >= 4 is 18.2 Å². The standard InChI is InChI=1S/C15H15NO5/c1-20-14(18)11-7-16-8-12(15(19)21-2)13(11)9-3-5-10(17)6-4-9/h3-8,11,13,17H,1-2H3/t11?,13-/m0/s1. The Kier molecular flexibility index (Phi) is 4.37. The quantitative estimate of drug-likeness (QED) is 0.850. The van der Waals surface area contributed by atoms with Crippen LogP contribution in [0.25, 0.3) is 0 Å². The van der Waals surface area contributed by atoms with Crippen molar-refractivity contribution in [1.29, 1.82) is 0 Å². The van der Waals surface area contributed by atoms with Crippen LogP contribution in [0.1, 0.15) is 11.5 Å². The van der Waals surface area contributed by atoms with Crippen molar-refractivity contribution in [3.63, 3.8) is 0 Å². The molecule has 0 aromatic heterocycles. The molecule has 1 aromatic rings. The summed E-state index contributed by atoms with van der Waals surface area (Å²) in [6.07, 6.45) is 2.82. The summed E-state index contributed by atoms with van der Waals surface area (Å²) in [5.74, 6) is -2.24. The largest absolute Gasteiger partial charge is 0.508 e. The summed E-state index contributed by atoms with van der Waals surface area (Å²) in [5.41, 5.74) is 0.951. The predicted octanol–water partition coefficient (Wildman–Crippen LogP) is 1.41. The Morgan fingerprint density at radius 1 is 1.14 bits per heavy atom. The second kappa shape index (κ2) is 6.21. The molecule has 1 aliphatic rings.